The van der Waals surface area contributed by atoms with E-state index in [1.165, 1.54) is 30.5 Å². The van der Waals surface area contributed by atoms with Crippen LogP contribution in [0.2, 0.25) is 0 Å². The summed E-state index contributed by atoms with van der Waals surface area (Å²) < 4.78 is 41.6. The van der Waals surface area contributed by atoms with Gasteiger partial charge in [-0.15, -0.1) is 0 Å². The first kappa shape index (κ1) is 13.9. The summed E-state index contributed by atoms with van der Waals surface area (Å²) in [5.74, 6) is -0.137. The standard InChI is InChI=1S/C10H15FN2O3S/c1-13(2)17(14,15)7-3-6-16-10-5-4-9(11)8-12-10/h4-5,8H,3,6-7H2,1-2H3. The number of sulfonamides is 1. The molecule has 0 aliphatic heterocycles. The van der Waals surface area contributed by atoms with Gasteiger partial charge in [-0.2, -0.15) is 0 Å². The molecule has 7 heteroatoms. The Morgan fingerprint density at radius 3 is 2.65 bits per heavy atom. The van der Waals surface area contributed by atoms with E-state index in [9.17, 15) is 12.8 Å². The summed E-state index contributed by atoms with van der Waals surface area (Å²) in [5, 5.41) is 0. The molecule has 1 aromatic heterocycles. The molecule has 1 aromatic rings. The maximum atomic E-state index is 12.5. The lowest BCUT2D eigenvalue weighted by molar-refractivity contribution is 0.304. The summed E-state index contributed by atoms with van der Waals surface area (Å²) in [5.41, 5.74) is 0. The molecule has 0 N–H and O–H groups in total. The van der Waals surface area contributed by atoms with E-state index in [1.54, 1.807) is 0 Å². The Hall–Kier alpha value is -1.21. The van der Waals surface area contributed by atoms with Crippen molar-refractivity contribution in [2.45, 2.75) is 6.42 Å². The van der Waals surface area contributed by atoms with Gasteiger partial charge in [0.25, 0.3) is 0 Å². The summed E-state index contributed by atoms with van der Waals surface area (Å²) >= 11 is 0. The first-order chi connectivity index (χ1) is 7.92. The van der Waals surface area contributed by atoms with Crippen LogP contribution < -0.4 is 4.74 Å². The molecule has 96 valence electrons. The third-order valence-electron chi connectivity index (χ3n) is 2.05. The monoisotopic (exact) mass is 262 g/mol. The van der Waals surface area contributed by atoms with E-state index in [0.29, 0.717) is 6.42 Å². The SMILES string of the molecule is CN(C)S(=O)(=O)CCCOc1ccc(F)cn1. The zero-order valence-electron chi connectivity index (χ0n) is 9.76. The number of hydrogen-bond donors (Lipinski definition) is 0. The zero-order chi connectivity index (χ0) is 12.9. The van der Waals surface area contributed by atoms with Gasteiger partial charge in [0.05, 0.1) is 18.6 Å². The lowest BCUT2D eigenvalue weighted by Gasteiger charge is -2.11. The molecular formula is C10H15FN2O3S. The molecule has 0 saturated carbocycles. The Bertz CT molecular complexity index is 445. The van der Waals surface area contributed by atoms with Crippen LogP contribution >= 0.6 is 0 Å². The van der Waals surface area contributed by atoms with Crippen LogP contribution in [0.1, 0.15) is 6.42 Å². The van der Waals surface area contributed by atoms with Crippen LogP contribution in [0.15, 0.2) is 18.3 Å². The highest BCUT2D eigenvalue weighted by Gasteiger charge is 2.12. The molecule has 0 amide bonds. The highest BCUT2D eigenvalue weighted by Crippen LogP contribution is 2.07. The minimum Gasteiger partial charge on any atom is -0.478 e. The van der Waals surface area contributed by atoms with Gasteiger partial charge in [-0.3, -0.25) is 0 Å². The third-order valence-corrected chi connectivity index (χ3v) is 3.97. The molecule has 0 fully saturated rings. The average molecular weight is 262 g/mol. The Labute approximate surface area is 100 Å². The maximum absolute atomic E-state index is 12.5. The number of ether oxygens (including phenoxy) is 1. The van der Waals surface area contributed by atoms with Gasteiger partial charge in [-0.05, 0) is 12.5 Å². The van der Waals surface area contributed by atoms with Crippen molar-refractivity contribution in [3.63, 3.8) is 0 Å². The molecule has 1 heterocycles. The van der Waals surface area contributed by atoms with Crippen molar-refractivity contribution in [3.8, 4) is 5.88 Å². The van der Waals surface area contributed by atoms with Crippen LogP contribution in [0, 0.1) is 5.82 Å². The molecule has 0 aromatic carbocycles. The highest BCUT2D eigenvalue weighted by atomic mass is 32.2. The molecule has 0 aliphatic carbocycles. The lowest BCUT2D eigenvalue weighted by atomic mass is 10.4. The van der Waals surface area contributed by atoms with Crippen LogP contribution in [0.4, 0.5) is 4.39 Å². The van der Waals surface area contributed by atoms with Gasteiger partial charge in [-0.1, -0.05) is 0 Å². The largest absolute Gasteiger partial charge is 0.478 e. The fourth-order valence-electron chi connectivity index (χ4n) is 1.05. The summed E-state index contributed by atoms with van der Waals surface area (Å²) in [6.45, 7) is 0.228. The molecule has 0 aliphatic rings. The van der Waals surface area contributed by atoms with E-state index >= 15 is 0 Å². The Balaban J connectivity index is 2.32. The number of aromatic nitrogens is 1. The van der Waals surface area contributed by atoms with Crippen molar-refractivity contribution in [1.29, 1.82) is 0 Å². The van der Waals surface area contributed by atoms with Gasteiger partial charge in [0.15, 0.2) is 0 Å². The zero-order valence-corrected chi connectivity index (χ0v) is 10.6. The van der Waals surface area contributed by atoms with Crippen molar-refractivity contribution < 1.29 is 17.5 Å². The van der Waals surface area contributed by atoms with E-state index in [-0.39, 0.29) is 18.2 Å². The Morgan fingerprint density at radius 2 is 2.12 bits per heavy atom. The van der Waals surface area contributed by atoms with Crippen molar-refractivity contribution in [2.75, 3.05) is 26.5 Å². The average Bonchev–Trinajstić information content (AvgIpc) is 2.26. The molecule has 1 rings (SSSR count). The van der Waals surface area contributed by atoms with Crippen molar-refractivity contribution in [2.24, 2.45) is 0 Å². The first-order valence-electron chi connectivity index (χ1n) is 5.06. The summed E-state index contributed by atoms with van der Waals surface area (Å²) in [4.78, 5) is 3.69. The van der Waals surface area contributed by atoms with E-state index in [2.05, 4.69) is 4.98 Å². The maximum Gasteiger partial charge on any atom is 0.213 e. The molecule has 0 unspecified atom stereocenters. The number of halogens is 1. The lowest BCUT2D eigenvalue weighted by Crippen LogP contribution is -2.25. The van der Waals surface area contributed by atoms with Gasteiger partial charge >= 0.3 is 0 Å². The van der Waals surface area contributed by atoms with E-state index in [1.807, 2.05) is 0 Å². The second-order valence-corrected chi connectivity index (χ2v) is 5.92. The minimum absolute atomic E-state index is 0.0151. The first-order valence-corrected chi connectivity index (χ1v) is 6.67. The van der Waals surface area contributed by atoms with Gasteiger partial charge in [0.2, 0.25) is 15.9 Å². The normalized spacial score (nSPS) is 11.8. The quantitative estimate of drug-likeness (QED) is 0.714. The van der Waals surface area contributed by atoms with Crippen LogP contribution in [0.25, 0.3) is 0 Å². The molecule has 0 saturated heterocycles. The summed E-state index contributed by atoms with van der Waals surface area (Å²) in [6, 6.07) is 2.63. The molecular weight excluding hydrogens is 247 g/mol. The van der Waals surface area contributed by atoms with Crippen LogP contribution in [0.3, 0.4) is 0 Å². The molecule has 17 heavy (non-hydrogen) atoms. The smallest absolute Gasteiger partial charge is 0.213 e. The van der Waals surface area contributed by atoms with Crippen LogP contribution in [-0.4, -0.2) is 44.2 Å². The number of hydrogen-bond acceptors (Lipinski definition) is 4. The van der Waals surface area contributed by atoms with E-state index in [0.717, 1.165) is 6.20 Å². The fraction of sp³-hybridized carbons (Fsp3) is 0.500. The molecule has 0 bridgehead atoms. The second-order valence-electron chi connectivity index (χ2n) is 3.62. The van der Waals surface area contributed by atoms with Crippen molar-refractivity contribution in [3.05, 3.63) is 24.1 Å². The van der Waals surface area contributed by atoms with Crippen molar-refractivity contribution >= 4 is 10.0 Å². The number of nitrogens with zero attached hydrogens (tertiary/aromatic N) is 2. The van der Waals surface area contributed by atoms with Gasteiger partial charge in [-0.25, -0.2) is 22.1 Å². The van der Waals surface area contributed by atoms with Gasteiger partial charge in [0, 0.05) is 20.2 Å². The topological polar surface area (TPSA) is 59.5 Å². The summed E-state index contributed by atoms with van der Waals surface area (Å²) in [7, 11) is -0.219. The predicted molar refractivity (Wildman–Crippen MR) is 61.8 cm³/mol. The molecule has 0 radical (unpaired) electrons. The summed E-state index contributed by atoms with van der Waals surface area (Å²) in [6.07, 6.45) is 1.41. The molecule has 5 nitrogen and oxygen atoms in total. The predicted octanol–water partition coefficient (Wildman–Crippen LogP) is 0.881. The van der Waals surface area contributed by atoms with Gasteiger partial charge < -0.3 is 4.74 Å². The van der Waals surface area contributed by atoms with Crippen LogP contribution in [-0.2, 0) is 10.0 Å². The van der Waals surface area contributed by atoms with E-state index in [4.69, 9.17) is 4.74 Å². The number of rotatable bonds is 6. The fourth-order valence-corrected chi connectivity index (χ4v) is 1.90. The second kappa shape index (κ2) is 5.92. The Kier molecular flexibility index (Phi) is 4.83. The highest BCUT2D eigenvalue weighted by molar-refractivity contribution is 7.89. The van der Waals surface area contributed by atoms with Crippen molar-refractivity contribution in [1.82, 2.24) is 9.29 Å². The minimum atomic E-state index is -3.19. The Morgan fingerprint density at radius 1 is 1.41 bits per heavy atom. The molecule has 0 atom stereocenters. The van der Waals surface area contributed by atoms with Crippen LogP contribution in [0.5, 0.6) is 5.88 Å². The van der Waals surface area contributed by atoms with Gasteiger partial charge in [0.1, 0.15) is 5.82 Å². The third kappa shape index (κ3) is 4.66. The number of pyridine rings is 1. The van der Waals surface area contributed by atoms with E-state index < -0.39 is 15.8 Å². The molecule has 0 spiro atoms.